The minimum absolute atomic E-state index is 0.0924. The number of benzene rings is 1. The number of fused-ring (bicyclic) bond motifs is 4. The molecule has 0 atom stereocenters. The number of halogens is 1. The summed E-state index contributed by atoms with van der Waals surface area (Å²) in [7, 11) is 1.50. The van der Waals surface area contributed by atoms with E-state index in [4.69, 9.17) is 9.72 Å². The number of pyridine rings is 2. The minimum Gasteiger partial charge on any atom is -0.380 e. The van der Waals surface area contributed by atoms with E-state index in [1.54, 1.807) is 10.6 Å². The van der Waals surface area contributed by atoms with Crippen LogP contribution in [-0.2, 0) is 30.7 Å². The zero-order chi connectivity index (χ0) is 19.6. The van der Waals surface area contributed by atoms with E-state index >= 15 is 0 Å². The lowest BCUT2D eigenvalue weighted by molar-refractivity contribution is 0.183. The molecule has 0 N–H and O–H groups in total. The van der Waals surface area contributed by atoms with Gasteiger partial charge < -0.3 is 9.30 Å². The van der Waals surface area contributed by atoms with Gasteiger partial charge in [0.05, 0.1) is 47.3 Å². The zero-order valence-electron chi connectivity index (χ0n) is 15.7. The van der Waals surface area contributed by atoms with Crippen LogP contribution >= 0.6 is 0 Å². The Morgan fingerprint density at radius 3 is 2.82 bits per heavy atom. The van der Waals surface area contributed by atoms with Crippen molar-refractivity contribution in [2.24, 2.45) is 0 Å². The fraction of sp³-hybridized carbons (Fsp3) is 0.318. The largest absolute Gasteiger partial charge is 0.380 e. The van der Waals surface area contributed by atoms with Crippen LogP contribution in [0.4, 0.5) is 4.39 Å². The highest BCUT2D eigenvalue weighted by Crippen LogP contribution is 2.41. The summed E-state index contributed by atoms with van der Waals surface area (Å²) in [6.07, 6.45) is 2.68. The predicted octanol–water partition coefficient (Wildman–Crippen LogP) is 3.38. The second-order valence-corrected chi connectivity index (χ2v) is 7.49. The highest BCUT2D eigenvalue weighted by molar-refractivity contribution is 5.92. The summed E-state index contributed by atoms with van der Waals surface area (Å²) < 4.78 is 21.3. The molecular formula is C22H18FN3O2. The Balaban J connectivity index is 1.86. The molecule has 140 valence electrons. The Hall–Kier alpha value is -3.04. The third-order valence-electron chi connectivity index (χ3n) is 6.04. The quantitative estimate of drug-likeness (QED) is 0.539. The van der Waals surface area contributed by atoms with Crippen LogP contribution in [0.3, 0.4) is 0 Å². The molecule has 1 aliphatic heterocycles. The van der Waals surface area contributed by atoms with Crippen LogP contribution in [0.5, 0.6) is 0 Å². The first-order valence-electron chi connectivity index (χ1n) is 9.34. The molecule has 6 heteroatoms. The number of nitrogens with zero attached hydrogens (tertiary/aromatic N) is 3. The van der Waals surface area contributed by atoms with Gasteiger partial charge in [-0.3, -0.25) is 4.79 Å². The van der Waals surface area contributed by atoms with Crippen molar-refractivity contribution in [3.8, 4) is 17.5 Å². The zero-order valence-corrected chi connectivity index (χ0v) is 15.7. The van der Waals surface area contributed by atoms with Crippen molar-refractivity contribution in [1.29, 1.82) is 5.26 Å². The molecule has 2 aromatic heterocycles. The molecule has 0 unspecified atom stereocenters. The standard InChI is InChI=1S/C22H18FN3O2/c1-11-13-4-3-5-14-15-9-26-19(6-12(8-24)16(10-28-2)22(26)27)21(15)25-18(20(13)14)7-17(11)23/h6-7H,3-5,9-10H2,1-2H3. The Kier molecular flexibility index (Phi) is 3.65. The van der Waals surface area contributed by atoms with Gasteiger partial charge in [-0.25, -0.2) is 9.37 Å². The van der Waals surface area contributed by atoms with Crippen molar-refractivity contribution in [2.45, 2.75) is 39.3 Å². The smallest absolute Gasteiger partial charge is 0.258 e. The molecule has 5 rings (SSSR count). The van der Waals surface area contributed by atoms with Crippen LogP contribution in [0.1, 0.15) is 39.8 Å². The van der Waals surface area contributed by atoms with E-state index in [1.807, 2.05) is 6.92 Å². The van der Waals surface area contributed by atoms with E-state index in [2.05, 4.69) is 6.07 Å². The fourth-order valence-corrected chi connectivity index (χ4v) is 4.69. The van der Waals surface area contributed by atoms with Crippen molar-refractivity contribution in [1.82, 2.24) is 9.55 Å². The van der Waals surface area contributed by atoms with Gasteiger partial charge in [0.2, 0.25) is 0 Å². The number of hydrogen-bond acceptors (Lipinski definition) is 4. The molecule has 2 aliphatic rings. The first-order valence-corrected chi connectivity index (χ1v) is 9.34. The number of ether oxygens (including phenoxy) is 1. The second kappa shape index (κ2) is 5.98. The van der Waals surface area contributed by atoms with E-state index in [1.165, 1.54) is 18.7 Å². The van der Waals surface area contributed by atoms with Crippen LogP contribution in [0.15, 0.2) is 16.9 Å². The summed E-state index contributed by atoms with van der Waals surface area (Å²) in [5, 5.41) is 10.6. The van der Waals surface area contributed by atoms with E-state index < -0.39 is 0 Å². The Morgan fingerprint density at radius 2 is 2.07 bits per heavy atom. The van der Waals surface area contributed by atoms with Crippen LogP contribution in [0, 0.1) is 24.1 Å². The van der Waals surface area contributed by atoms with Gasteiger partial charge in [0, 0.05) is 24.1 Å². The molecule has 28 heavy (non-hydrogen) atoms. The average Bonchev–Trinajstić information content (AvgIpc) is 3.07. The molecule has 0 saturated carbocycles. The molecule has 0 amide bonds. The van der Waals surface area contributed by atoms with Gasteiger partial charge in [-0.1, -0.05) is 0 Å². The van der Waals surface area contributed by atoms with Gasteiger partial charge in [-0.2, -0.15) is 5.26 Å². The van der Waals surface area contributed by atoms with Crippen molar-refractivity contribution in [3.05, 3.63) is 61.7 Å². The summed E-state index contributed by atoms with van der Waals surface area (Å²) in [5.74, 6) is -0.244. The molecule has 0 spiro atoms. The number of nitriles is 1. The summed E-state index contributed by atoms with van der Waals surface area (Å²) in [6.45, 7) is 2.34. The Labute approximate surface area is 161 Å². The van der Waals surface area contributed by atoms with Crippen LogP contribution < -0.4 is 5.56 Å². The first-order chi connectivity index (χ1) is 13.5. The first kappa shape index (κ1) is 17.1. The molecule has 5 nitrogen and oxygen atoms in total. The van der Waals surface area contributed by atoms with E-state index in [-0.39, 0.29) is 18.0 Å². The van der Waals surface area contributed by atoms with E-state index in [9.17, 15) is 14.4 Å². The van der Waals surface area contributed by atoms with Gasteiger partial charge in [-0.15, -0.1) is 0 Å². The van der Waals surface area contributed by atoms with Gasteiger partial charge in [0.1, 0.15) is 5.82 Å². The fourth-order valence-electron chi connectivity index (χ4n) is 4.69. The van der Waals surface area contributed by atoms with Crippen LogP contribution in [-0.4, -0.2) is 16.7 Å². The van der Waals surface area contributed by atoms with Crippen molar-refractivity contribution >= 4 is 10.9 Å². The summed E-state index contributed by atoms with van der Waals surface area (Å²) in [6, 6.07) is 5.31. The summed E-state index contributed by atoms with van der Waals surface area (Å²) in [4.78, 5) is 17.8. The molecule has 0 saturated heterocycles. The predicted molar refractivity (Wildman–Crippen MR) is 103 cm³/mol. The third-order valence-corrected chi connectivity index (χ3v) is 6.04. The van der Waals surface area contributed by atoms with E-state index in [0.29, 0.717) is 40.1 Å². The number of methoxy groups -OCH3 is 1. The molecule has 0 fully saturated rings. The summed E-state index contributed by atoms with van der Waals surface area (Å²) >= 11 is 0. The second-order valence-electron chi connectivity index (χ2n) is 7.49. The maximum Gasteiger partial charge on any atom is 0.258 e. The highest BCUT2D eigenvalue weighted by Gasteiger charge is 2.30. The highest BCUT2D eigenvalue weighted by atomic mass is 19.1. The Bertz CT molecular complexity index is 1280. The van der Waals surface area contributed by atoms with Crippen LogP contribution in [0.2, 0.25) is 0 Å². The number of aryl methyl sites for hydroxylation is 2. The number of hydrogen-bond donors (Lipinski definition) is 0. The lowest BCUT2D eigenvalue weighted by atomic mass is 9.85. The maximum absolute atomic E-state index is 14.5. The average molecular weight is 375 g/mol. The normalized spacial score (nSPS) is 14.1. The van der Waals surface area contributed by atoms with Gasteiger partial charge in [0.15, 0.2) is 0 Å². The van der Waals surface area contributed by atoms with Crippen molar-refractivity contribution in [2.75, 3.05) is 7.11 Å². The van der Waals surface area contributed by atoms with Crippen molar-refractivity contribution in [3.63, 3.8) is 0 Å². The summed E-state index contributed by atoms with van der Waals surface area (Å²) in [5.41, 5.74) is 6.31. The minimum atomic E-state index is -0.244. The monoisotopic (exact) mass is 375 g/mol. The number of aromatic nitrogens is 2. The Morgan fingerprint density at radius 1 is 1.29 bits per heavy atom. The van der Waals surface area contributed by atoms with Gasteiger partial charge >= 0.3 is 0 Å². The topological polar surface area (TPSA) is 67.9 Å². The lowest BCUT2D eigenvalue weighted by Gasteiger charge is -2.21. The van der Waals surface area contributed by atoms with Gasteiger partial charge in [-0.05, 0) is 48.9 Å². The SMILES string of the molecule is COCc1c(C#N)cc2n(c1=O)Cc1c-2nc2cc(F)c(C)c3c2c1CCC3. The molecule has 3 aromatic rings. The van der Waals surface area contributed by atoms with E-state index in [0.717, 1.165) is 35.8 Å². The van der Waals surface area contributed by atoms with Gasteiger partial charge in [0.25, 0.3) is 5.56 Å². The lowest BCUT2D eigenvalue weighted by Crippen LogP contribution is -2.24. The molecule has 1 aromatic carbocycles. The third kappa shape index (κ3) is 2.14. The maximum atomic E-state index is 14.5. The van der Waals surface area contributed by atoms with Crippen LogP contribution in [0.25, 0.3) is 22.3 Å². The molecule has 3 heterocycles. The number of rotatable bonds is 2. The molecular weight excluding hydrogens is 357 g/mol. The van der Waals surface area contributed by atoms with Crippen molar-refractivity contribution < 1.29 is 9.13 Å². The molecule has 0 bridgehead atoms. The molecule has 0 radical (unpaired) electrons. The molecule has 1 aliphatic carbocycles.